The highest BCUT2D eigenvalue weighted by Crippen LogP contribution is 2.44. The van der Waals surface area contributed by atoms with Gasteiger partial charge in [0.1, 0.15) is 28.1 Å². The highest BCUT2D eigenvalue weighted by atomic mass is 16.5. The highest BCUT2D eigenvalue weighted by molar-refractivity contribution is 5.97. The van der Waals surface area contributed by atoms with Crippen LogP contribution >= 0.6 is 0 Å². The zero-order valence-electron chi connectivity index (χ0n) is 18.6. The SMILES string of the molecule is C=C(C)C1COc2c(C)cc3oc4c(CC(O)C(C)(C)O)ccc(O)c4c(=O)c3c2[C@H]1O. The van der Waals surface area contributed by atoms with Gasteiger partial charge in [0.05, 0.1) is 29.8 Å². The largest absolute Gasteiger partial charge is 0.507 e. The molecular formula is C25H28O7. The van der Waals surface area contributed by atoms with Crippen LogP contribution in [-0.2, 0) is 6.42 Å². The van der Waals surface area contributed by atoms with Crippen LogP contribution in [0.4, 0.5) is 0 Å². The summed E-state index contributed by atoms with van der Waals surface area (Å²) in [5.74, 6) is -0.221. The number of aliphatic hydroxyl groups is 3. The Morgan fingerprint density at radius 3 is 2.62 bits per heavy atom. The molecule has 7 nitrogen and oxygen atoms in total. The van der Waals surface area contributed by atoms with Crippen molar-refractivity contribution in [2.75, 3.05) is 6.61 Å². The number of benzene rings is 2. The molecule has 2 unspecified atom stereocenters. The standard InChI is InChI=1S/C25H28O7/c1-11(2)14-10-31-23-12(3)8-16-19(20(23)21(14)28)22(29)18-15(26)7-6-13(24(18)32-16)9-17(27)25(4,5)30/h6-8,14,17,21,26-28,30H,1,9-10H2,2-5H3/t14?,17?,21-/m0/s1. The number of hydrogen-bond donors (Lipinski definition) is 4. The normalized spacial score (nSPS) is 19.6. The van der Waals surface area contributed by atoms with E-state index < -0.39 is 23.2 Å². The first-order valence-corrected chi connectivity index (χ1v) is 10.5. The molecular weight excluding hydrogens is 412 g/mol. The van der Waals surface area contributed by atoms with E-state index in [0.29, 0.717) is 22.4 Å². The molecule has 0 radical (unpaired) electrons. The van der Waals surface area contributed by atoms with Gasteiger partial charge >= 0.3 is 0 Å². The Bertz CT molecular complexity index is 1300. The van der Waals surface area contributed by atoms with Crippen molar-refractivity contribution in [1.82, 2.24) is 0 Å². The maximum Gasteiger partial charge on any atom is 0.204 e. The molecule has 0 aliphatic carbocycles. The van der Waals surface area contributed by atoms with Gasteiger partial charge in [-0.25, -0.2) is 0 Å². The fourth-order valence-electron chi connectivity index (χ4n) is 4.26. The number of rotatable bonds is 4. The van der Waals surface area contributed by atoms with Gasteiger partial charge in [0, 0.05) is 17.9 Å². The smallest absolute Gasteiger partial charge is 0.204 e. The first-order valence-electron chi connectivity index (χ1n) is 10.5. The molecule has 4 rings (SSSR count). The number of hydrogen-bond acceptors (Lipinski definition) is 7. The highest BCUT2D eigenvalue weighted by Gasteiger charge is 2.35. The Kier molecular flexibility index (Phi) is 5.32. The van der Waals surface area contributed by atoms with E-state index >= 15 is 0 Å². The summed E-state index contributed by atoms with van der Waals surface area (Å²) in [6, 6.07) is 4.59. The molecule has 1 aliphatic rings. The third-order valence-corrected chi connectivity index (χ3v) is 6.30. The second kappa shape index (κ2) is 7.62. The van der Waals surface area contributed by atoms with Crippen molar-refractivity contribution in [3.05, 3.63) is 57.3 Å². The lowest BCUT2D eigenvalue weighted by atomic mass is 9.85. The predicted octanol–water partition coefficient (Wildman–Crippen LogP) is 3.25. The number of fused-ring (bicyclic) bond motifs is 4. The molecule has 3 atom stereocenters. The molecule has 170 valence electrons. The second-order valence-corrected chi connectivity index (χ2v) is 9.27. The first-order chi connectivity index (χ1) is 14.9. The van der Waals surface area contributed by atoms with Gasteiger partial charge in [0.15, 0.2) is 0 Å². The molecule has 0 saturated carbocycles. The lowest BCUT2D eigenvalue weighted by Crippen LogP contribution is -2.37. The molecule has 7 heteroatoms. The van der Waals surface area contributed by atoms with E-state index in [1.165, 1.54) is 19.9 Å². The zero-order chi connectivity index (χ0) is 23.5. The Balaban J connectivity index is 2.05. The number of phenols is 1. The minimum Gasteiger partial charge on any atom is -0.507 e. The van der Waals surface area contributed by atoms with Crippen LogP contribution < -0.4 is 10.2 Å². The van der Waals surface area contributed by atoms with Gasteiger partial charge in [-0.15, -0.1) is 0 Å². The van der Waals surface area contributed by atoms with Gasteiger partial charge in [-0.2, -0.15) is 0 Å². The van der Waals surface area contributed by atoms with E-state index in [9.17, 15) is 25.2 Å². The monoisotopic (exact) mass is 440 g/mol. The Hall–Kier alpha value is -2.87. The maximum absolute atomic E-state index is 13.6. The van der Waals surface area contributed by atoms with Gasteiger partial charge in [-0.05, 0) is 51.0 Å². The Morgan fingerprint density at radius 2 is 2.00 bits per heavy atom. The number of ether oxygens (including phenoxy) is 1. The molecule has 0 saturated heterocycles. The van der Waals surface area contributed by atoms with Gasteiger partial charge in [-0.3, -0.25) is 4.79 Å². The van der Waals surface area contributed by atoms with Crippen LogP contribution in [0.1, 0.15) is 43.6 Å². The van der Waals surface area contributed by atoms with Crippen molar-refractivity contribution in [1.29, 1.82) is 0 Å². The zero-order valence-corrected chi connectivity index (χ0v) is 18.6. The summed E-state index contributed by atoms with van der Waals surface area (Å²) in [7, 11) is 0. The van der Waals surface area contributed by atoms with E-state index in [0.717, 1.165) is 5.57 Å². The minimum atomic E-state index is -1.37. The van der Waals surface area contributed by atoms with Gasteiger partial charge in [-0.1, -0.05) is 18.2 Å². The van der Waals surface area contributed by atoms with Crippen LogP contribution in [0.3, 0.4) is 0 Å². The molecule has 32 heavy (non-hydrogen) atoms. The lowest BCUT2D eigenvalue weighted by molar-refractivity contribution is -0.0468. The molecule has 4 N–H and O–H groups in total. The average molecular weight is 440 g/mol. The van der Waals surface area contributed by atoms with Crippen LogP contribution in [-0.4, -0.2) is 38.7 Å². The van der Waals surface area contributed by atoms with Crippen molar-refractivity contribution < 1.29 is 29.6 Å². The third kappa shape index (κ3) is 3.46. The lowest BCUT2D eigenvalue weighted by Gasteiger charge is -2.32. The molecule has 3 aromatic rings. The molecule has 0 spiro atoms. The van der Waals surface area contributed by atoms with Crippen LogP contribution in [0.25, 0.3) is 21.9 Å². The first kappa shape index (κ1) is 22.3. The van der Waals surface area contributed by atoms with Crippen molar-refractivity contribution >= 4 is 21.9 Å². The van der Waals surface area contributed by atoms with Crippen molar-refractivity contribution in [2.24, 2.45) is 5.92 Å². The van der Waals surface area contributed by atoms with Gasteiger partial charge in [0.2, 0.25) is 5.43 Å². The Morgan fingerprint density at radius 1 is 1.31 bits per heavy atom. The number of phenolic OH excluding ortho intramolecular Hbond substituents is 1. The summed E-state index contributed by atoms with van der Waals surface area (Å²) < 4.78 is 12.0. The third-order valence-electron chi connectivity index (χ3n) is 6.30. The average Bonchev–Trinajstić information content (AvgIpc) is 2.69. The summed E-state index contributed by atoms with van der Waals surface area (Å²) in [5, 5.41) is 42.2. The van der Waals surface area contributed by atoms with E-state index in [1.807, 2.05) is 0 Å². The van der Waals surface area contributed by atoms with Crippen molar-refractivity contribution in [3.8, 4) is 11.5 Å². The van der Waals surface area contributed by atoms with E-state index in [-0.39, 0.29) is 46.6 Å². The number of aliphatic hydroxyl groups excluding tert-OH is 2. The predicted molar refractivity (Wildman–Crippen MR) is 121 cm³/mol. The fraction of sp³-hybridized carbons (Fsp3) is 0.400. The molecule has 0 bridgehead atoms. The molecule has 0 amide bonds. The summed E-state index contributed by atoms with van der Waals surface area (Å²) in [5.41, 5.74) is 0.743. The molecule has 1 aliphatic heterocycles. The van der Waals surface area contributed by atoms with Crippen molar-refractivity contribution in [3.63, 3.8) is 0 Å². The molecule has 1 aromatic heterocycles. The fourth-order valence-corrected chi connectivity index (χ4v) is 4.26. The second-order valence-electron chi connectivity index (χ2n) is 9.27. The van der Waals surface area contributed by atoms with Crippen LogP contribution in [0.5, 0.6) is 11.5 Å². The maximum atomic E-state index is 13.6. The molecule has 2 aromatic carbocycles. The quantitative estimate of drug-likeness (QED) is 0.363. The minimum absolute atomic E-state index is 0.0160. The summed E-state index contributed by atoms with van der Waals surface area (Å²) in [6.45, 7) is 10.7. The number of aryl methyl sites for hydroxylation is 1. The van der Waals surface area contributed by atoms with Crippen LogP contribution in [0, 0.1) is 12.8 Å². The van der Waals surface area contributed by atoms with Gasteiger partial charge in [0.25, 0.3) is 0 Å². The number of aromatic hydroxyl groups is 1. The van der Waals surface area contributed by atoms with Crippen LogP contribution in [0.2, 0.25) is 0 Å². The molecule has 0 fully saturated rings. The van der Waals surface area contributed by atoms with Crippen molar-refractivity contribution in [2.45, 2.75) is 51.9 Å². The van der Waals surface area contributed by atoms with Crippen LogP contribution in [0.15, 0.2) is 39.6 Å². The topological polar surface area (TPSA) is 120 Å². The van der Waals surface area contributed by atoms with E-state index in [4.69, 9.17) is 9.15 Å². The Labute approximate surface area is 185 Å². The van der Waals surface area contributed by atoms with Gasteiger partial charge < -0.3 is 29.6 Å². The summed E-state index contributed by atoms with van der Waals surface area (Å²) >= 11 is 0. The summed E-state index contributed by atoms with van der Waals surface area (Å²) in [6.07, 6.45) is -2.11. The van der Waals surface area contributed by atoms with E-state index in [2.05, 4.69) is 6.58 Å². The summed E-state index contributed by atoms with van der Waals surface area (Å²) in [4.78, 5) is 13.6. The van der Waals surface area contributed by atoms with E-state index in [1.54, 1.807) is 26.0 Å². The molecule has 2 heterocycles.